The Hall–Kier alpha value is -3.08. The molecule has 10 heteroatoms. The van der Waals surface area contributed by atoms with Crippen molar-refractivity contribution in [2.24, 2.45) is 11.1 Å². The molecule has 0 saturated carbocycles. The number of sulfonamides is 1. The minimum atomic E-state index is -3.78. The Balaban J connectivity index is 1.56. The van der Waals surface area contributed by atoms with Gasteiger partial charge >= 0.3 is 0 Å². The second-order valence-electron chi connectivity index (χ2n) is 8.30. The van der Waals surface area contributed by atoms with E-state index >= 15 is 0 Å². The third kappa shape index (κ3) is 4.29. The number of amides is 1. The molecule has 4 N–H and O–H groups in total. The fraction of sp³-hybridized carbons (Fsp3) is 0.318. The molecule has 0 fully saturated rings. The van der Waals surface area contributed by atoms with Crippen molar-refractivity contribution in [3.05, 3.63) is 65.9 Å². The minimum Gasteiger partial charge on any atom is -0.390 e. The van der Waals surface area contributed by atoms with Gasteiger partial charge in [-0.1, -0.05) is 55.5 Å². The summed E-state index contributed by atoms with van der Waals surface area (Å²) in [4.78, 5) is 13.2. The van der Waals surface area contributed by atoms with Gasteiger partial charge in [-0.05, 0) is 29.2 Å². The van der Waals surface area contributed by atoms with Crippen LogP contribution in [-0.2, 0) is 21.2 Å². The first-order chi connectivity index (χ1) is 15.1. The Bertz CT molecular complexity index is 1240. The number of hydrogen-bond acceptors (Lipinski definition) is 6. The lowest BCUT2D eigenvalue weighted by Crippen LogP contribution is -2.40. The van der Waals surface area contributed by atoms with Crippen LogP contribution in [0.1, 0.15) is 37.1 Å². The van der Waals surface area contributed by atoms with E-state index in [0.717, 1.165) is 11.1 Å². The number of carbonyl (C=O) groups is 1. The van der Waals surface area contributed by atoms with Crippen LogP contribution in [0.3, 0.4) is 0 Å². The summed E-state index contributed by atoms with van der Waals surface area (Å²) in [5.74, 6) is -0.357. The van der Waals surface area contributed by atoms with Gasteiger partial charge in [0.15, 0.2) is 0 Å². The van der Waals surface area contributed by atoms with Gasteiger partial charge in [0.05, 0.1) is 23.2 Å². The largest absolute Gasteiger partial charge is 0.390 e. The lowest BCUT2D eigenvalue weighted by Gasteiger charge is -2.24. The summed E-state index contributed by atoms with van der Waals surface area (Å²) < 4.78 is 24.4. The highest BCUT2D eigenvalue weighted by Gasteiger charge is 2.35. The van der Waals surface area contributed by atoms with E-state index in [1.165, 1.54) is 16.8 Å². The third-order valence-corrected chi connectivity index (χ3v) is 6.60. The zero-order chi connectivity index (χ0) is 23.0. The van der Waals surface area contributed by atoms with Crippen molar-refractivity contribution in [2.75, 3.05) is 0 Å². The average Bonchev–Trinajstić information content (AvgIpc) is 3.32. The molecule has 1 aliphatic rings. The Morgan fingerprint density at radius 2 is 1.88 bits per heavy atom. The second-order valence-corrected chi connectivity index (χ2v) is 9.86. The van der Waals surface area contributed by atoms with Gasteiger partial charge < -0.3 is 10.4 Å². The average molecular weight is 456 g/mol. The number of aromatic nitrogens is 3. The zero-order valence-electron chi connectivity index (χ0n) is 17.7. The number of fused-ring (bicyclic) bond motifs is 1. The van der Waals surface area contributed by atoms with Crippen molar-refractivity contribution >= 4 is 15.9 Å². The number of benzene rings is 2. The van der Waals surface area contributed by atoms with Gasteiger partial charge in [-0.25, -0.2) is 18.2 Å². The fourth-order valence-corrected chi connectivity index (χ4v) is 4.59. The smallest absolute Gasteiger partial charge is 0.245 e. The number of hydrogen-bond donors (Lipinski definition) is 3. The number of primary sulfonamides is 1. The van der Waals surface area contributed by atoms with Crippen molar-refractivity contribution in [3.8, 4) is 11.3 Å². The van der Waals surface area contributed by atoms with E-state index in [2.05, 4.69) is 15.6 Å². The molecule has 1 aromatic heterocycles. The van der Waals surface area contributed by atoms with E-state index in [1.807, 2.05) is 38.1 Å². The molecule has 0 radical (unpaired) electrons. The molecule has 168 valence electrons. The van der Waals surface area contributed by atoms with Crippen molar-refractivity contribution in [2.45, 2.75) is 43.4 Å². The Morgan fingerprint density at radius 3 is 2.53 bits per heavy atom. The van der Waals surface area contributed by atoms with E-state index in [4.69, 9.17) is 5.14 Å². The number of nitrogens with two attached hydrogens (primary N) is 1. The van der Waals surface area contributed by atoms with Crippen LogP contribution in [0.25, 0.3) is 11.3 Å². The zero-order valence-corrected chi connectivity index (χ0v) is 18.5. The molecule has 1 amide bonds. The van der Waals surface area contributed by atoms with Crippen molar-refractivity contribution in [1.29, 1.82) is 0 Å². The third-order valence-electron chi connectivity index (χ3n) is 5.68. The molecule has 32 heavy (non-hydrogen) atoms. The van der Waals surface area contributed by atoms with Gasteiger partial charge in [-0.3, -0.25) is 4.79 Å². The molecule has 1 unspecified atom stereocenters. The van der Waals surface area contributed by atoms with E-state index < -0.39 is 28.2 Å². The summed E-state index contributed by atoms with van der Waals surface area (Å²) in [6.45, 7) is 3.82. The van der Waals surface area contributed by atoms with Crippen LogP contribution in [0.4, 0.5) is 0 Å². The number of rotatable bonds is 6. The molecule has 0 saturated heterocycles. The molecule has 0 bridgehead atoms. The first kappa shape index (κ1) is 22.1. The van der Waals surface area contributed by atoms with Crippen molar-refractivity contribution in [3.63, 3.8) is 0 Å². The number of aliphatic hydroxyl groups excluding tert-OH is 1. The van der Waals surface area contributed by atoms with E-state index in [-0.39, 0.29) is 16.7 Å². The molecule has 1 aliphatic carbocycles. The van der Waals surface area contributed by atoms with Gasteiger partial charge in [0, 0.05) is 12.0 Å². The van der Waals surface area contributed by atoms with Crippen LogP contribution in [-0.4, -0.2) is 40.5 Å². The maximum absolute atomic E-state index is 13.2. The molecular weight excluding hydrogens is 430 g/mol. The van der Waals surface area contributed by atoms with E-state index in [9.17, 15) is 18.3 Å². The summed E-state index contributed by atoms with van der Waals surface area (Å²) in [5, 5.41) is 26.9. The highest BCUT2D eigenvalue weighted by atomic mass is 32.2. The van der Waals surface area contributed by atoms with Crippen LogP contribution in [0, 0.1) is 5.92 Å². The normalized spacial score (nSPS) is 19.0. The quantitative estimate of drug-likeness (QED) is 0.515. The second kappa shape index (κ2) is 8.45. The first-order valence-electron chi connectivity index (χ1n) is 10.3. The van der Waals surface area contributed by atoms with Gasteiger partial charge in [0.2, 0.25) is 15.9 Å². The van der Waals surface area contributed by atoms with Crippen LogP contribution in [0.15, 0.2) is 59.6 Å². The lowest BCUT2D eigenvalue weighted by molar-refractivity contribution is -0.127. The monoisotopic (exact) mass is 455 g/mol. The van der Waals surface area contributed by atoms with Crippen LogP contribution >= 0.6 is 0 Å². The number of aliphatic hydroxyl groups is 1. The maximum atomic E-state index is 13.2. The molecule has 3 aromatic rings. The predicted octanol–water partition coefficient (Wildman–Crippen LogP) is 1.56. The molecule has 2 aromatic carbocycles. The van der Waals surface area contributed by atoms with E-state index in [1.54, 1.807) is 18.3 Å². The lowest BCUT2D eigenvalue weighted by atomic mass is 10.0. The Kier molecular flexibility index (Phi) is 5.85. The van der Waals surface area contributed by atoms with Crippen molar-refractivity contribution in [1.82, 2.24) is 20.3 Å². The molecule has 0 spiro atoms. The number of nitrogens with zero attached hydrogens (tertiary/aromatic N) is 3. The number of nitrogens with one attached hydrogen (secondary N) is 1. The van der Waals surface area contributed by atoms with Gasteiger partial charge in [0.1, 0.15) is 11.7 Å². The molecular formula is C22H25N5O4S. The SMILES string of the molecule is CC(C)[C@@H](C(=O)NC1c2ccccc2C[C@@H]1O)n1cc(-c2ccc(S(N)(=O)=O)cc2)nn1. The van der Waals surface area contributed by atoms with Gasteiger partial charge in [-0.15, -0.1) is 5.10 Å². The topological polar surface area (TPSA) is 140 Å². The summed E-state index contributed by atoms with van der Waals surface area (Å²) >= 11 is 0. The Morgan fingerprint density at radius 1 is 1.19 bits per heavy atom. The van der Waals surface area contributed by atoms with E-state index in [0.29, 0.717) is 17.7 Å². The molecule has 0 aliphatic heterocycles. The summed E-state index contributed by atoms with van der Waals surface area (Å²) in [6.07, 6.45) is 1.46. The maximum Gasteiger partial charge on any atom is 0.245 e. The summed E-state index contributed by atoms with van der Waals surface area (Å²) in [6, 6.07) is 12.5. The van der Waals surface area contributed by atoms with Crippen molar-refractivity contribution < 1.29 is 18.3 Å². The highest BCUT2D eigenvalue weighted by Crippen LogP contribution is 2.32. The van der Waals surface area contributed by atoms with Crippen LogP contribution in [0.5, 0.6) is 0 Å². The number of carbonyl (C=O) groups excluding carboxylic acids is 1. The molecule has 1 heterocycles. The standard InChI is InChI=1S/C22H25N5O4S/c1-13(2)21(22(29)24-20-17-6-4-3-5-15(17)11-19(20)28)27-12-18(25-26-27)14-7-9-16(10-8-14)32(23,30)31/h3-10,12-13,19-21,28H,11H2,1-2H3,(H,24,29)(H2,23,30,31)/t19-,20?,21-/m0/s1. The molecule has 4 rings (SSSR count). The highest BCUT2D eigenvalue weighted by molar-refractivity contribution is 7.89. The molecule has 3 atom stereocenters. The minimum absolute atomic E-state index is 0.00322. The summed E-state index contributed by atoms with van der Waals surface area (Å²) in [7, 11) is -3.78. The Labute approximate surface area is 186 Å². The van der Waals surface area contributed by atoms with Gasteiger partial charge in [-0.2, -0.15) is 0 Å². The predicted molar refractivity (Wildman–Crippen MR) is 118 cm³/mol. The van der Waals surface area contributed by atoms with Gasteiger partial charge in [0.25, 0.3) is 0 Å². The molecule has 9 nitrogen and oxygen atoms in total. The summed E-state index contributed by atoms with van der Waals surface area (Å²) in [5.41, 5.74) is 3.09. The fourth-order valence-electron chi connectivity index (χ4n) is 4.08. The van der Waals surface area contributed by atoms with Crippen LogP contribution in [0.2, 0.25) is 0 Å². The van der Waals surface area contributed by atoms with Crippen LogP contribution < -0.4 is 10.5 Å². The first-order valence-corrected chi connectivity index (χ1v) is 11.8.